The molecule has 2 N–H and O–H groups in total. The number of nitrogens with one attached hydrogen (secondary N) is 2. The van der Waals surface area contributed by atoms with Crippen LogP contribution in [0.25, 0.3) is 5.69 Å². The van der Waals surface area contributed by atoms with Crippen molar-refractivity contribution in [2.75, 3.05) is 24.8 Å². The Balaban J connectivity index is 1.61. The summed E-state index contributed by atoms with van der Waals surface area (Å²) in [5, 5.41) is 5.78. The van der Waals surface area contributed by atoms with Gasteiger partial charge in [0.05, 0.1) is 19.4 Å². The molecular weight excluding hydrogens is 394 g/mol. The summed E-state index contributed by atoms with van der Waals surface area (Å²) >= 11 is 1.24. The van der Waals surface area contributed by atoms with E-state index in [1.807, 2.05) is 19.1 Å². The number of amides is 1. The highest BCUT2D eigenvalue weighted by Crippen LogP contribution is 2.24. The van der Waals surface area contributed by atoms with Gasteiger partial charge in [-0.25, -0.2) is 4.79 Å². The fourth-order valence-corrected chi connectivity index (χ4v) is 3.50. The minimum Gasteiger partial charge on any atom is -0.497 e. The number of anilines is 1. The first-order valence-electron chi connectivity index (χ1n) is 9.04. The molecule has 0 bridgehead atoms. The molecule has 2 aromatic carbocycles. The Morgan fingerprint density at radius 2 is 1.97 bits per heavy atom. The molecule has 1 heterocycles. The first-order valence-corrected chi connectivity index (χ1v) is 10.0. The molecule has 3 aromatic rings. The molecule has 0 spiro atoms. The van der Waals surface area contributed by atoms with E-state index in [1.165, 1.54) is 16.4 Å². The van der Waals surface area contributed by atoms with Gasteiger partial charge in [-0.05, 0) is 52.9 Å². The summed E-state index contributed by atoms with van der Waals surface area (Å²) < 4.78 is 17.1. The van der Waals surface area contributed by atoms with Crippen LogP contribution in [0.3, 0.4) is 0 Å². The molecule has 0 fully saturated rings. The molecule has 0 atom stereocenters. The number of rotatable bonds is 9. The van der Waals surface area contributed by atoms with Crippen LogP contribution in [0.15, 0.2) is 62.9 Å². The van der Waals surface area contributed by atoms with Crippen molar-refractivity contribution in [3.8, 4) is 17.2 Å². The van der Waals surface area contributed by atoms with Crippen LogP contribution < -0.4 is 25.1 Å². The number of aromatic nitrogens is 2. The third-order valence-corrected chi connectivity index (χ3v) is 5.00. The maximum Gasteiger partial charge on any atom is 0.442 e. The van der Waals surface area contributed by atoms with E-state index in [0.29, 0.717) is 40.3 Å². The molecule has 0 aliphatic carbocycles. The maximum absolute atomic E-state index is 12.3. The maximum atomic E-state index is 12.3. The number of thioether (sulfide) groups is 1. The van der Waals surface area contributed by atoms with Crippen LogP contribution >= 0.6 is 11.8 Å². The van der Waals surface area contributed by atoms with Crippen molar-refractivity contribution in [1.82, 2.24) is 5.27 Å². The summed E-state index contributed by atoms with van der Waals surface area (Å²) in [6, 6.07) is 14.4. The molecule has 0 aliphatic heterocycles. The Hall–Kier alpha value is -3.20. The van der Waals surface area contributed by atoms with Gasteiger partial charge >= 0.3 is 10.7 Å². The fraction of sp³-hybridized carbons (Fsp3) is 0.250. The molecule has 152 valence electrons. The summed E-state index contributed by atoms with van der Waals surface area (Å²) in [5.41, 5.74) is 0.848. The van der Waals surface area contributed by atoms with Crippen LogP contribution in [0.1, 0.15) is 13.3 Å². The van der Waals surface area contributed by atoms with E-state index in [9.17, 15) is 9.59 Å². The second-order valence-electron chi connectivity index (χ2n) is 5.90. The van der Waals surface area contributed by atoms with Gasteiger partial charge in [-0.3, -0.25) is 9.32 Å². The van der Waals surface area contributed by atoms with E-state index < -0.39 is 5.63 Å². The number of aromatic amines is 1. The largest absolute Gasteiger partial charge is 0.497 e. The Kier molecular flexibility index (Phi) is 6.96. The van der Waals surface area contributed by atoms with Crippen molar-refractivity contribution in [1.29, 1.82) is 0 Å². The molecule has 1 aromatic heterocycles. The zero-order chi connectivity index (χ0) is 20.6. The summed E-state index contributed by atoms with van der Waals surface area (Å²) in [6.07, 6.45) is 0.221. The Morgan fingerprint density at radius 1 is 1.21 bits per heavy atom. The average molecular weight is 416 g/mol. The number of para-hydroxylation sites is 2. The molecule has 3 rings (SSSR count). The molecule has 9 heteroatoms. The van der Waals surface area contributed by atoms with E-state index in [-0.39, 0.29) is 12.3 Å². The summed E-state index contributed by atoms with van der Waals surface area (Å²) in [5.74, 6) is 1.57. The summed E-state index contributed by atoms with van der Waals surface area (Å²) in [7, 11) is 1.58. The number of ether oxygens (including phenoxy) is 2. The third-order valence-electron chi connectivity index (χ3n) is 3.97. The van der Waals surface area contributed by atoms with Gasteiger partial charge < -0.3 is 14.8 Å². The zero-order valence-corrected chi connectivity index (χ0v) is 17.0. The average Bonchev–Trinajstić information content (AvgIpc) is 3.10. The van der Waals surface area contributed by atoms with Gasteiger partial charge in [0.15, 0.2) is 0 Å². The van der Waals surface area contributed by atoms with Crippen molar-refractivity contribution in [2.24, 2.45) is 0 Å². The molecule has 8 nitrogen and oxygen atoms in total. The van der Waals surface area contributed by atoms with Gasteiger partial charge in [-0.2, -0.15) is 0 Å². The lowest BCUT2D eigenvalue weighted by atomic mass is 10.3. The topological polar surface area (TPSA) is 97.4 Å². The molecule has 0 saturated carbocycles. The number of carbonyl (C=O) groups excluding carboxylic acids is 1. The number of nitrogens with zero attached hydrogens (tertiary/aromatic N) is 1. The van der Waals surface area contributed by atoms with Crippen LogP contribution in [-0.2, 0) is 4.79 Å². The standard InChI is InChI=1S/C20H21N3O5S/c1-3-27-17-7-5-4-6-16(17)21-18(24)12-13-29-19-20(25)28-22-23(19)14-8-10-15(26-2)11-9-14/h4-11H,3,12-13H2,1-2H3,(H-,21,22,24,25)/p+1. The second kappa shape index (κ2) is 9.83. The normalized spacial score (nSPS) is 10.6. The lowest BCUT2D eigenvalue weighted by Gasteiger charge is -2.10. The summed E-state index contributed by atoms with van der Waals surface area (Å²) in [6.45, 7) is 2.40. The van der Waals surface area contributed by atoms with Gasteiger partial charge in [0.1, 0.15) is 11.5 Å². The van der Waals surface area contributed by atoms with E-state index in [4.69, 9.17) is 14.0 Å². The fourth-order valence-electron chi connectivity index (χ4n) is 2.59. The Labute approximate surface area is 171 Å². The van der Waals surface area contributed by atoms with Crippen molar-refractivity contribution in [2.45, 2.75) is 18.4 Å². The highest BCUT2D eigenvalue weighted by molar-refractivity contribution is 7.99. The van der Waals surface area contributed by atoms with Gasteiger partial charge in [0, 0.05) is 24.3 Å². The van der Waals surface area contributed by atoms with Crippen LogP contribution in [0, 0.1) is 0 Å². The number of methoxy groups -OCH3 is 1. The molecule has 0 radical (unpaired) electrons. The predicted octanol–water partition coefficient (Wildman–Crippen LogP) is 2.77. The monoisotopic (exact) mass is 416 g/mol. The van der Waals surface area contributed by atoms with Crippen molar-refractivity contribution in [3.05, 3.63) is 59.0 Å². The number of hydrogen-bond donors (Lipinski definition) is 2. The van der Waals surface area contributed by atoms with E-state index in [2.05, 4.69) is 10.6 Å². The SMILES string of the molecule is CCOc1ccccc1NC(=O)CCSc1c(=O)o[nH][n+]1-c1ccc(OC)cc1. The molecule has 0 saturated heterocycles. The first kappa shape index (κ1) is 20.5. The van der Waals surface area contributed by atoms with E-state index >= 15 is 0 Å². The molecule has 29 heavy (non-hydrogen) atoms. The van der Waals surface area contributed by atoms with Crippen LogP contribution in [-0.4, -0.2) is 30.6 Å². The second-order valence-corrected chi connectivity index (χ2v) is 6.98. The van der Waals surface area contributed by atoms with Gasteiger partial charge in [-0.1, -0.05) is 12.1 Å². The Morgan fingerprint density at radius 3 is 2.69 bits per heavy atom. The first-order chi connectivity index (χ1) is 14.1. The minimum absolute atomic E-state index is 0.166. The van der Waals surface area contributed by atoms with Crippen LogP contribution in [0.5, 0.6) is 11.5 Å². The lowest BCUT2D eigenvalue weighted by molar-refractivity contribution is -0.704. The Bertz CT molecular complexity index is 1010. The van der Waals surface area contributed by atoms with Crippen LogP contribution in [0.2, 0.25) is 0 Å². The minimum atomic E-state index is -0.493. The van der Waals surface area contributed by atoms with Gasteiger partial charge in [0.25, 0.3) is 0 Å². The highest BCUT2D eigenvalue weighted by atomic mass is 32.2. The van der Waals surface area contributed by atoms with E-state index in [0.717, 1.165) is 0 Å². The molecular formula is C20H22N3O5S+. The number of carbonyl (C=O) groups is 1. The number of H-pyrrole nitrogens is 1. The van der Waals surface area contributed by atoms with E-state index in [1.54, 1.807) is 43.5 Å². The lowest BCUT2D eigenvalue weighted by Crippen LogP contribution is -2.36. The molecule has 0 unspecified atom stereocenters. The van der Waals surface area contributed by atoms with Gasteiger partial charge in [0.2, 0.25) is 11.6 Å². The van der Waals surface area contributed by atoms with Crippen molar-refractivity contribution < 1.29 is 23.5 Å². The summed E-state index contributed by atoms with van der Waals surface area (Å²) in [4.78, 5) is 24.3. The van der Waals surface area contributed by atoms with Crippen molar-refractivity contribution >= 4 is 23.4 Å². The third kappa shape index (κ3) is 5.20. The molecule has 0 aliphatic rings. The van der Waals surface area contributed by atoms with Crippen LogP contribution in [0.4, 0.5) is 5.69 Å². The van der Waals surface area contributed by atoms with Crippen molar-refractivity contribution in [3.63, 3.8) is 0 Å². The smallest absolute Gasteiger partial charge is 0.442 e. The highest BCUT2D eigenvalue weighted by Gasteiger charge is 2.24. The predicted molar refractivity (Wildman–Crippen MR) is 109 cm³/mol. The number of benzene rings is 2. The van der Waals surface area contributed by atoms with Gasteiger partial charge in [-0.15, -0.1) is 0 Å². The quantitative estimate of drug-likeness (QED) is 0.411. The molecule has 1 amide bonds. The number of hydrogen-bond acceptors (Lipinski definition) is 6. The zero-order valence-electron chi connectivity index (χ0n) is 16.1.